The molecule has 3 fully saturated rings. The smallest absolute Gasteiger partial charge is 0.0684 e. The monoisotopic (exact) mass is 484 g/mol. The van der Waals surface area contributed by atoms with Crippen LogP contribution in [-0.4, -0.2) is 60.4 Å². The van der Waals surface area contributed by atoms with E-state index < -0.39 is 0 Å². The van der Waals surface area contributed by atoms with Crippen LogP contribution >= 0.6 is 11.9 Å². The Morgan fingerprint density at radius 1 is 0.939 bits per heavy atom. The summed E-state index contributed by atoms with van der Waals surface area (Å²) in [6.07, 6.45) is 15.9. The zero-order chi connectivity index (χ0) is 24.7. The van der Waals surface area contributed by atoms with Crippen molar-refractivity contribution < 1.29 is 4.74 Å². The fraction of sp³-hybridized carbons (Fsp3) is 1.00. The Hall–Kier alpha value is 0.230. The Morgan fingerprint density at radius 2 is 1.58 bits per heavy atom. The molecular weight excluding hydrogens is 424 g/mol. The van der Waals surface area contributed by atoms with Crippen molar-refractivity contribution in [1.29, 1.82) is 0 Å². The Balaban J connectivity index is 0.000000354. The summed E-state index contributed by atoms with van der Waals surface area (Å²) in [5.74, 6) is 3.78. The van der Waals surface area contributed by atoms with Crippen molar-refractivity contribution in [3.63, 3.8) is 0 Å². The van der Waals surface area contributed by atoms with Gasteiger partial charge in [0.2, 0.25) is 0 Å². The van der Waals surface area contributed by atoms with Gasteiger partial charge in [0.1, 0.15) is 0 Å². The highest BCUT2D eigenvalue weighted by molar-refractivity contribution is 7.96. The zero-order valence-electron chi connectivity index (χ0n) is 23.8. The van der Waals surface area contributed by atoms with E-state index in [-0.39, 0.29) is 5.60 Å². The van der Waals surface area contributed by atoms with E-state index in [4.69, 9.17) is 4.74 Å². The SMILES string of the molecule is CC.CCC1CCC(C(C)C)CC1.CCCCC1(CC)CC(CN2CCN(SC)CC2)CO1. The maximum atomic E-state index is 6.25. The minimum atomic E-state index is 0.210. The Bertz CT molecular complexity index is 459. The summed E-state index contributed by atoms with van der Waals surface area (Å²) < 4.78 is 8.72. The molecule has 0 spiro atoms. The van der Waals surface area contributed by atoms with Crippen molar-refractivity contribution in [1.82, 2.24) is 9.21 Å². The van der Waals surface area contributed by atoms with E-state index in [1.54, 1.807) is 0 Å². The van der Waals surface area contributed by atoms with Gasteiger partial charge >= 0.3 is 0 Å². The van der Waals surface area contributed by atoms with Gasteiger partial charge in [0.15, 0.2) is 0 Å². The molecular formula is C29H60N2OS. The molecule has 1 saturated carbocycles. The number of piperazine rings is 1. The molecule has 2 unspecified atom stereocenters. The molecule has 3 nitrogen and oxygen atoms in total. The number of nitrogens with zero attached hydrogens (tertiary/aromatic N) is 2. The van der Waals surface area contributed by atoms with Crippen LogP contribution in [0.4, 0.5) is 0 Å². The van der Waals surface area contributed by atoms with Crippen molar-refractivity contribution >= 4 is 11.9 Å². The summed E-state index contributed by atoms with van der Waals surface area (Å²) in [4.78, 5) is 2.65. The molecule has 0 aromatic heterocycles. The van der Waals surface area contributed by atoms with Gasteiger partial charge in [0.05, 0.1) is 12.2 Å². The second kappa shape index (κ2) is 17.6. The number of ether oxygens (including phenoxy) is 1. The molecule has 3 aliphatic rings. The molecule has 0 radical (unpaired) electrons. The molecule has 2 atom stereocenters. The van der Waals surface area contributed by atoms with Crippen molar-refractivity contribution in [3.8, 4) is 0 Å². The first-order chi connectivity index (χ1) is 15.9. The van der Waals surface area contributed by atoms with E-state index in [9.17, 15) is 0 Å². The van der Waals surface area contributed by atoms with Crippen LogP contribution in [0.5, 0.6) is 0 Å². The number of hydrogen-bond donors (Lipinski definition) is 0. The van der Waals surface area contributed by atoms with Gasteiger partial charge in [-0.1, -0.05) is 92.5 Å². The summed E-state index contributed by atoms with van der Waals surface area (Å²) in [5, 5.41) is 0. The Kier molecular flexibility index (Phi) is 16.7. The highest BCUT2D eigenvalue weighted by Gasteiger charge is 2.39. The average molecular weight is 485 g/mol. The third-order valence-corrected chi connectivity index (χ3v) is 9.32. The summed E-state index contributed by atoms with van der Waals surface area (Å²) in [7, 11) is 0. The average Bonchev–Trinajstić information content (AvgIpc) is 3.28. The number of rotatable bonds is 9. The summed E-state index contributed by atoms with van der Waals surface area (Å²) >= 11 is 1.88. The fourth-order valence-electron chi connectivity index (χ4n) is 5.88. The molecule has 0 bridgehead atoms. The van der Waals surface area contributed by atoms with Crippen LogP contribution in [0.1, 0.15) is 113 Å². The summed E-state index contributed by atoms with van der Waals surface area (Å²) in [6, 6.07) is 0. The molecule has 2 heterocycles. The molecule has 1 aliphatic carbocycles. The van der Waals surface area contributed by atoms with E-state index in [1.165, 1.54) is 96.9 Å². The van der Waals surface area contributed by atoms with Crippen molar-refractivity contribution in [2.24, 2.45) is 23.7 Å². The van der Waals surface area contributed by atoms with Gasteiger partial charge < -0.3 is 9.64 Å². The minimum Gasteiger partial charge on any atom is -0.375 e. The zero-order valence-corrected chi connectivity index (χ0v) is 24.7. The van der Waals surface area contributed by atoms with Gasteiger partial charge in [-0.15, -0.1) is 0 Å². The van der Waals surface area contributed by atoms with Gasteiger partial charge in [0, 0.05) is 32.7 Å². The van der Waals surface area contributed by atoms with Crippen LogP contribution < -0.4 is 0 Å². The largest absolute Gasteiger partial charge is 0.375 e. The molecule has 33 heavy (non-hydrogen) atoms. The molecule has 2 aliphatic heterocycles. The Morgan fingerprint density at radius 3 is 2.06 bits per heavy atom. The maximum absolute atomic E-state index is 6.25. The molecule has 0 amide bonds. The van der Waals surface area contributed by atoms with Gasteiger partial charge in [0.25, 0.3) is 0 Å². The lowest BCUT2D eigenvalue weighted by molar-refractivity contribution is -0.00851. The minimum absolute atomic E-state index is 0.210. The number of unbranched alkanes of at least 4 members (excludes halogenated alkanes) is 1. The molecule has 3 rings (SSSR count). The van der Waals surface area contributed by atoms with Crippen LogP contribution in [0.25, 0.3) is 0 Å². The van der Waals surface area contributed by atoms with Crippen molar-refractivity contribution in [2.45, 2.75) is 118 Å². The molecule has 198 valence electrons. The van der Waals surface area contributed by atoms with E-state index in [0.29, 0.717) is 0 Å². The normalized spacial score (nSPS) is 31.0. The van der Waals surface area contributed by atoms with E-state index >= 15 is 0 Å². The van der Waals surface area contributed by atoms with Crippen LogP contribution in [0.15, 0.2) is 0 Å². The van der Waals surface area contributed by atoms with Gasteiger partial charge in [-0.25, -0.2) is 4.31 Å². The lowest BCUT2D eigenvalue weighted by Gasteiger charge is -2.34. The second-order valence-electron chi connectivity index (χ2n) is 10.9. The lowest BCUT2D eigenvalue weighted by Crippen LogP contribution is -2.45. The standard InChI is InChI=1S/C16H32N2OS.C11H22.C2H6/c1-4-6-7-16(5-2)12-15(14-19-16)13-17-8-10-18(20-3)11-9-17;1-4-10-5-7-11(8-6-10)9(2)3;1-2/h15H,4-14H2,1-3H3;9-11H,4-8H2,1-3H3;1-2H3. The predicted molar refractivity (Wildman–Crippen MR) is 150 cm³/mol. The molecule has 4 heteroatoms. The first kappa shape index (κ1) is 31.3. The Labute approximate surface area is 213 Å². The maximum Gasteiger partial charge on any atom is 0.0684 e. The quantitative estimate of drug-likeness (QED) is 0.307. The van der Waals surface area contributed by atoms with E-state index in [0.717, 1.165) is 30.3 Å². The van der Waals surface area contributed by atoms with Crippen LogP contribution in [0.2, 0.25) is 0 Å². The van der Waals surface area contributed by atoms with Gasteiger partial charge in [-0.3, -0.25) is 0 Å². The molecule has 2 saturated heterocycles. The lowest BCUT2D eigenvalue weighted by atomic mass is 9.76. The summed E-state index contributed by atoms with van der Waals surface area (Å²) in [6.45, 7) is 22.8. The highest BCUT2D eigenvalue weighted by Crippen LogP contribution is 2.37. The number of hydrogen-bond acceptors (Lipinski definition) is 4. The van der Waals surface area contributed by atoms with Crippen LogP contribution in [0.3, 0.4) is 0 Å². The van der Waals surface area contributed by atoms with E-state index in [1.807, 2.05) is 25.8 Å². The molecule has 0 aromatic carbocycles. The predicted octanol–water partition coefficient (Wildman–Crippen LogP) is 8.14. The second-order valence-corrected chi connectivity index (χ2v) is 11.7. The van der Waals surface area contributed by atoms with E-state index in [2.05, 4.69) is 50.1 Å². The van der Waals surface area contributed by atoms with Crippen LogP contribution in [0, 0.1) is 23.7 Å². The fourth-order valence-corrected chi connectivity index (χ4v) is 6.40. The van der Waals surface area contributed by atoms with Crippen molar-refractivity contribution in [3.05, 3.63) is 0 Å². The topological polar surface area (TPSA) is 15.7 Å². The van der Waals surface area contributed by atoms with Gasteiger partial charge in [-0.2, -0.15) is 0 Å². The van der Waals surface area contributed by atoms with Crippen LogP contribution in [-0.2, 0) is 4.74 Å². The first-order valence-corrected chi connectivity index (χ1v) is 15.8. The third-order valence-electron chi connectivity index (χ3n) is 8.43. The summed E-state index contributed by atoms with van der Waals surface area (Å²) in [5.41, 5.74) is 0.210. The third kappa shape index (κ3) is 11.2. The first-order valence-electron chi connectivity index (χ1n) is 14.6. The molecule has 0 aromatic rings. The molecule has 0 N–H and O–H groups in total. The highest BCUT2D eigenvalue weighted by atomic mass is 32.2. The van der Waals surface area contributed by atoms with Gasteiger partial charge in [-0.05, 0) is 62.0 Å². The van der Waals surface area contributed by atoms with Crippen molar-refractivity contribution in [2.75, 3.05) is 45.6 Å².